The summed E-state index contributed by atoms with van der Waals surface area (Å²) in [6, 6.07) is 16.8. The summed E-state index contributed by atoms with van der Waals surface area (Å²) in [6.07, 6.45) is 6.36. The third-order valence-corrected chi connectivity index (χ3v) is 11.6. The lowest BCUT2D eigenvalue weighted by molar-refractivity contribution is -0.130. The van der Waals surface area contributed by atoms with E-state index in [9.17, 15) is 28.0 Å². The SMILES string of the molecule is CCCCCCCSc1nc2ccc(S(=O)(=O)N[C@H](Cc3ccc(OCCCN4C(=O)c5ccccc5C4=O)cc3)C(=O)NO)cc2s1. The molecule has 0 fully saturated rings. The second kappa shape index (κ2) is 16.5. The standard InChI is InChI=1S/C34H38N4O7S3/c1-2-3-4-5-8-20-46-34-35-28-17-16-25(22-30(28)47-34)48(43,44)37-29(31(39)36-42)21-23-12-14-24(15-13-23)45-19-9-18-38-32(40)26-10-6-7-11-27(26)33(38)41/h6-7,10-17,22,29,37,42H,2-5,8-9,18-21H2,1H3,(H,36,39)/t29-/m1/s1. The molecule has 0 spiro atoms. The Labute approximate surface area is 288 Å². The van der Waals surface area contributed by atoms with Gasteiger partial charge in [0.05, 0.1) is 32.8 Å². The van der Waals surface area contributed by atoms with Crippen molar-refractivity contribution in [1.29, 1.82) is 0 Å². The zero-order chi connectivity index (χ0) is 34.1. The number of carbonyl (C=O) groups excluding carboxylic acids is 3. The minimum absolute atomic E-state index is 0.00420. The van der Waals surface area contributed by atoms with Crippen LogP contribution in [0.5, 0.6) is 5.75 Å². The number of ether oxygens (including phenoxy) is 1. The molecular weight excluding hydrogens is 673 g/mol. The van der Waals surface area contributed by atoms with Gasteiger partial charge in [-0.15, -0.1) is 11.3 Å². The number of unbranched alkanes of at least 4 members (excludes halogenated alkanes) is 4. The molecule has 2 heterocycles. The molecule has 14 heteroatoms. The summed E-state index contributed by atoms with van der Waals surface area (Å²) in [4.78, 5) is 43.4. The number of nitrogens with one attached hydrogen (secondary N) is 2. The molecule has 254 valence electrons. The van der Waals surface area contributed by atoms with Gasteiger partial charge >= 0.3 is 0 Å². The Morgan fingerprint density at radius 3 is 2.38 bits per heavy atom. The second-order valence-electron chi connectivity index (χ2n) is 11.4. The first-order chi connectivity index (χ1) is 23.2. The number of thiazole rings is 1. The van der Waals surface area contributed by atoms with Crippen LogP contribution in [0, 0.1) is 0 Å². The summed E-state index contributed by atoms with van der Waals surface area (Å²) >= 11 is 3.11. The monoisotopic (exact) mass is 710 g/mol. The highest BCUT2D eigenvalue weighted by molar-refractivity contribution is 8.01. The minimum Gasteiger partial charge on any atom is -0.494 e. The van der Waals surface area contributed by atoms with E-state index in [-0.39, 0.29) is 36.3 Å². The Morgan fingerprint density at radius 1 is 0.979 bits per heavy atom. The van der Waals surface area contributed by atoms with Crippen molar-refractivity contribution in [3.05, 3.63) is 83.4 Å². The van der Waals surface area contributed by atoms with E-state index in [4.69, 9.17) is 4.74 Å². The average Bonchev–Trinajstić information content (AvgIpc) is 3.61. The van der Waals surface area contributed by atoms with Gasteiger partial charge < -0.3 is 4.74 Å². The van der Waals surface area contributed by atoms with Crippen LogP contribution in [-0.4, -0.2) is 66.2 Å². The number of rotatable bonds is 18. The van der Waals surface area contributed by atoms with E-state index in [1.54, 1.807) is 77.9 Å². The molecule has 5 rings (SSSR count). The molecule has 0 aliphatic carbocycles. The Morgan fingerprint density at radius 2 is 1.69 bits per heavy atom. The smallest absolute Gasteiger partial charge is 0.261 e. The van der Waals surface area contributed by atoms with Crippen molar-refractivity contribution >= 4 is 61.1 Å². The maximum atomic E-state index is 13.3. The molecule has 0 saturated carbocycles. The first kappa shape index (κ1) is 35.5. The Kier molecular flexibility index (Phi) is 12.2. The highest BCUT2D eigenvalue weighted by Gasteiger charge is 2.34. The summed E-state index contributed by atoms with van der Waals surface area (Å²) in [5.41, 5.74) is 3.70. The lowest BCUT2D eigenvalue weighted by Crippen LogP contribution is -2.47. The molecule has 48 heavy (non-hydrogen) atoms. The minimum atomic E-state index is -4.13. The second-order valence-corrected chi connectivity index (χ2v) is 15.5. The van der Waals surface area contributed by atoms with Crippen LogP contribution in [0.2, 0.25) is 0 Å². The molecule has 0 radical (unpaired) electrons. The molecule has 3 aromatic carbocycles. The summed E-state index contributed by atoms with van der Waals surface area (Å²) in [6.45, 7) is 2.66. The number of imide groups is 1. The van der Waals surface area contributed by atoms with Crippen LogP contribution < -0.4 is 14.9 Å². The molecule has 1 aromatic heterocycles. The maximum absolute atomic E-state index is 13.3. The Hall–Kier alpha value is -3.82. The lowest BCUT2D eigenvalue weighted by Gasteiger charge is -2.17. The fraction of sp³-hybridized carbons (Fsp3) is 0.353. The van der Waals surface area contributed by atoms with E-state index in [1.807, 2.05) is 0 Å². The van der Waals surface area contributed by atoms with Crippen LogP contribution in [-0.2, 0) is 21.2 Å². The van der Waals surface area contributed by atoms with Gasteiger partial charge in [-0.2, -0.15) is 4.72 Å². The molecule has 11 nitrogen and oxygen atoms in total. The van der Waals surface area contributed by atoms with E-state index in [0.717, 1.165) is 21.2 Å². The van der Waals surface area contributed by atoms with Gasteiger partial charge in [-0.25, -0.2) is 18.9 Å². The number of benzene rings is 3. The number of sulfonamides is 1. The van der Waals surface area contributed by atoms with Gasteiger partial charge in [0.25, 0.3) is 17.7 Å². The maximum Gasteiger partial charge on any atom is 0.261 e. The average molecular weight is 711 g/mol. The molecule has 4 aromatic rings. The van der Waals surface area contributed by atoms with E-state index >= 15 is 0 Å². The number of hydroxylamine groups is 1. The molecule has 0 saturated heterocycles. The van der Waals surface area contributed by atoms with Crippen molar-refractivity contribution < 1.29 is 32.7 Å². The van der Waals surface area contributed by atoms with Crippen LogP contribution in [0.3, 0.4) is 0 Å². The largest absolute Gasteiger partial charge is 0.494 e. The molecule has 1 atom stereocenters. The number of aromatic nitrogens is 1. The van der Waals surface area contributed by atoms with Crippen LogP contribution in [0.25, 0.3) is 10.2 Å². The molecule has 3 N–H and O–H groups in total. The molecule has 0 bridgehead atoms. The van der Waals surface area contributed by atoms with E-state index in [1.165, 1.54) is 48.0 Å². The predicted octanol–water partition coefficient (Wildman–Crippen LogP) is 5.82. The zero-order valence-electron chi connectivity index (χ0n) is 26.5. The van der Waals surface area contributed by atoms with Gasteiger partial charge in [0.1, 0.15) is 11.8 Å². The molecule has 3 amide bonds. The molecule has 0 unspecified atom stereocenters. The van der Waals surface area contributed by atoms with Gasteiger partial charge in [0.2, 0.25) is 10.0 Å². The number of fused-ring (bicyclic) bond motifs is 2. The summed E-state index contributed by atoms with van der Waals surface area (Å²) in [7, 11) is -4.13. The molecule has 1 aliphatic rings. The predicted molar refractivity (Wildman–Crippen MR) is 185 cm³/mol. The van der Waals surface area contributed by atoms with Gasteiger partial charge in [-0.05, 0) is 67.3 Å². The number of thioether (sulfide) groups is 1. The number of hydrogen-bond acceptors (Lipinski definition) is 10. The molecule has 1 aliphatic heterocycles. The fourth-order valence-electron chi connectivity index (χ4n) is 5.31. The third-order valence-electron chi connectivity index (χ3n) is 7.88. The van der Waals surface area contributed by atoms with Crippen molar-refractivity contribution in [2.45, 2.75) is 67.1 Å². The normalized spacial score (nSPS) is 13.6. The Bertz CT molecular complexity index is 1830. The topological polar surface area (TPSA) is 155 Å². The van der Waals surface area contributed by atoms with Gasteiger partial charge in [-0.3, -0.25) is 24.5 Å². The van der Waals surface area contributed by atoms with Crippen molar-refractivity contribution in [3.63, 3.8) is 0 Å². The number of carbonyl (C=O) groups is 3. The summed E-state index contributed by atoms with van der Waals surface area (Å²) in [5.74, 6) is -0.0401. The van der Waals surface area contributed by atoms with Crippen LogP contribution >= 0.6 is 23.1 Å². The van der Waals surface area contributed by atoms with E-state index in [2.05, 4.69) is 16.6 Å². The summed E-state index contributed by atoms with van der Waals surface area (Å²) in [5, 5.41) is 9.34. The number of amides is 3. The van der Waals surface area contributed by atoms with Crippen molar-refractivity contribution in [3.8, 4) is 5.75 Å². The van der Waals surface area contributed by atoms with E-state index < -0.39 is 22.0 Å². The first-order valence-electron chi connectivity index (χ1n) is 15.9. The quantitative estimate of drug-likeness (QED) is 0.0381. The molecular formula is C34H38N4O7S3. The highest BCUT2D eigenvalue weighted by Crippen LogP contribution is 2.32. The summed E-state index contributed by atoms with van der Waals surface area (Å²) < 4.78 is 36.5. The van der Waals surface area contributed by atoms with Crippen LogP contribution in [0.4, 0.5) is 0 Å². The number of nitrogens with zero attached hydrogens (tertiary/aromatic N) is 2. The third kappa shape index (κ3) is 8.80. The highest BCUT2D eigenvalue weighted by atomic mass is 32.2. The first-order valence-corrected chi connectivity index (χ1v) is 19.2. The number of hydrogen-bond donors (Lipinski definition) is 3. The van der Waals surface area contributed by atoms with Crippen LogP contribution in [0.15, 0.2) is 76.0 Å². The van der Waals surface area contributed by atoms with Crippen molar-refractivity contribution in [2.24, 2.45) is 0 Å². The van der Waals surface area contributed by atoms with Crippen molar-refractivity contribution in [2.75, 3.05) is 18.9 Å². The fourth-order valence-corrected chi connectivity index (χ4v) is 8.78. The van der Waals surface area contributed by atoms with Gasteiger partial charge in [-0.1, -0.05) is 68.6 Å². The van der Waals surface area contributed by atoms with Crippen LogP contribution in [0.1, 0.15) is 71.7 Å². The Balaban J connectivity index is 1.14. The van der Waals surface area contributed by atoms with Gasteiger partial charge in [0.15, 0.2) is 4.34 Å². The lowest BCUT2D eigenvalue weighted by atomic mass is 10.1. The zero-order valence-corrected chi connectivity index (χ0v) is 29.0. The van der Waals surface area contributed by atoms with E-state index in [0.29, 0.717) is 34.4 Å². The van der Waals surface area contributed by atoms with Gasteiger partial charge in [0, 0.05) is 12.3 Å². The van der Waals surface area contributed by atoms with Crippen molar-refractivity contribution in [1.82, 2.24) is 20.1 Å².